The highest BCUT2D eigenvalue weighted by Crippen LogP contribution is 2.47. The Morgan fingerprint density at radius 3 is 2.00 bits per heavy atom. The van der Waals surface area contributed by atoms with Gasteiger partial charge in [-0.15, -0.1) is 0 Å². The second kappa shape index (κ2) is 5.38. The van der Waals surface area contributed by atoms with Gasteiger partial charge >= 0.3 is 0 Å². The smallest absolute Gasteiger partial charge is 0.212 e. The Balaban J connectivity index is 1.85. The molecule has 24 heavy (non-hydrogen) atoms. The molecule has 0 radical (unpaired) electrons. The first-order chi connectivity index (χ1) is 11.5. The monoisotopic (exact) mass is 318 g/mol. The molecule has 0 aliphatic carbocycles. The van der Waals surface area contributed by atoms with Crippen LogP contribution in [0.5, 0.6) is 23.0 Å². The number of fused-ring (bicyclic) bond motifs is 2. The van der Waals surface area contributed by atoms with Crippen LogP contribution in [0.1, 0.15) is 16.7 Å². The minimum absolute atomic E-state index is 0.754. The second-order valence-corrected chi connectivity index (χ2v) is 6.40. The van der Waals surface area contributed by atoms with E-state index in [1.165, 1.54) is 16.8 Å². The third kappa shape index (κ3) is 2.33. The van der Waals surface area contributed by atoms with E-state index in [9.17, 15) is 0 Å². The fourth-order valence-electron chi connectivity index (χ4n) is 3.10. The van der Waals surface area contributed by atoms with Crippen molar-refractivity contribution in [2.45, 2.75) is 20.8 Å². The van der Waals surface area contributed by atoms with Crippen molar-refractivity contribution in [2.75, 3.05) is 0 Å². The molecule has 0 atom stereocenters. The van der Waals surface area contributed by atoms with Gasteiger partial charge in [-0.25, -0.2) is 4.57 Å². The van der Waals surface area contributed by atoms with Gasteiger partial charge in [0.25, 0.3) is 0 Å². The van der Waals surface area contributed by atoms with Gasteiger partial charge in [0.2, 0.25) is 5.69 Å². The van der Waals surface area contributed by atoms with Gasteiger partial charge in [-0.05, 0) is 56.2 Å². The van der Waals surface area contributed by atoms with Crippen molar-refractivity contribution in [1.82, 2.24) is 0 Å². The van der Waals surface area contributed by atoms with E-state index in [0.29, 0.717) is 0 Å². The van der Waals surface area contributed by atoms with Gasteiger partial charge in [0, 0.05) is 11.6 Å². The van der Waals surface area contributed by atoms with Gasteiger partial charge in [0.1, 0.15) is 7.05 Å². The van der Waals surface area contributed by atoms with Crippen molar-refractivity contribution in [3.8, 4) is 34.3 Å². The van der Waals surface area contributed by atoms with Crippen molar-refractivity contribution < 1.29 is 14.0 Å². The standard InChI is InChI=1S/C21H20NO2/c1-13-9-17(22(4)12-15(13)3)16-11-21-20(10-14(16)2)23-18-7-5-6-8-19(18)24-21/h5-12H,1-4H3/q+1. The van der Waals surface area contributed by atoms with Crippen LogP contribution in [0, 0.1) is 20.8 Å². The number of benzene rings is 2. The molecule has 2 aromatic carbocycles. The lowest BCUT2D eigenvalue weighted by Crippen LogP contribution is -2.31. The maximum atomic E-state index is 6.05. The van der Waals surface area contributed by atoms with Crippen LogP contribution in [0.25, 0.3) is 11.3 Å². The normalized spacial score (nSPS) is 12.0. The zero-order chi connectivity index (χ0) is 16.8. The van der Waals surface area contributed by atoms with Crippen molar-refractivity contribution in [1.29, 1.82) is 0 Å². The predicted octanol–water partition coefficient (Wildman–Crippen LogP) is 5.00. The van der Waals surface area contributed by atoms with E-state index in [-0.39, 0.29) is 0 Å². The molecule has 0 spiro atoms. The van der Waals surface area contributed by atoms with Crippen molar-refractivity contribution in [3.63, 3.8) is 0 Å². The quantitative estimate of drug-likeness (QED) is 0.461. The van der Waals surface area contributed by atoms with Gasteiger partial charge in [0.15, 0.2) is 29.2 Å². The highest BCUT2D eigenvalue weighted by molar-refractivity contribution is 5.69. The van der Waals surface area contributed by atoms with E-state index in [4.69, 9.17) is 9.47 Å². The third-order valence-electron chi connectivity index (χ3n) is 4.60. The van der Waals surface area contributed by atoms with Crippen LogP contribution in [-0.2, 0) is 7.05 Å². The molecule has 1 aliphatic heterocycles. The molecular weight excluding hydrogens is 298 g/mol. The second-order valence-electron chi connectivity index (χ2n) is 6.40. The Morgan fingerprint density at radius 1 is 0.708 bits per heavy atom. The molecule has 1 aromatic heterocycles. The number of hydrogen-bond acceptors (Lipinski definition) is 2. The summed E-state index contributed by atoms with van der Waals surface area (Å²) < 4.78 is 14.2. The summed E-state index contributed by atoms with van der Waals surface area (Å²) in [5.41, 5.74) is 6.05. The first-order valence-corrected chi connectivity index (χ1v) is 8.09. The van der Waals surface area contributed by atoms with Crippen LogP contribution in [0.3, 0.4) is 0 Å². The van der Waals surface area contributed by atoms with Gasteiger partial charge in [-0.2, -0.15) is 0 Å². The topological polar surface area (TPSA) is 22.3 Å². The Labute approximate surface area is 142 Å². The Morgan fingerprint density at radius 2 is 1.33 bits per heavy atom. The lowest BCUT2D eigenvalue weighted by molar-refractivity contribution is -0.660. The molecule has 1 aliphatic rings. The lowest BCUT2D eigenvalue weighted by atomic mass is 10.0. The van der Waals surface area contributed by atoms with Crippen LogP contribution >= 0.6 is 0 Å². The SMILES string of the molecule is Cc1cc(-c2cc3c(cc2C)Oc2ccccc2O3)[n+](C)cc1C. The molecule has 0 saturated carbocycles. The molecule has 0 bridgehead atoms. The van der Waals surface area contributed by atoms with E-state index < -0.39 is 0 Å². The summed E-state index contributed by atoms with van der Waals surface area (Å²) in [5.74, 6) is 3.03. The van der Waals surface area contributed by atoms with Crippen molar-refractivity contribution >= 4 is 0 Å². The molecule has 0 amide bonds. The Kier molecular flexibility index (Phi) is 3.31. The summed E-state index contributed by atoms with van der Waals surface area (Å²) in [7, 11) is 2.08. The van der Waals surface area contributed by atoms with Crippen LogP contribution in [0.4, 0.5) is 0 Å². The summed E-state index contributed by atoms with van der Waals surface area (Å²) in [5, 5.41) is 0. The van der Waals surface area contributed by atoms with Crippen molar-refractivity contribution in [2.24, 2.45) is 7.05 Å². The number of nitrogens with zero attached hydrogens (tertiary/aromatic N) is 1. The fraction of sp³-hybridized carbons (Fsp3) is 0.190. The van der Waals surface area contributed by atoms with E-state index >= 15 is 0 Å². The zero-order valence-corrected chi connectivity index (χ0v) is 14.4. The molecule has 120 valence electrons. The summed E-state index contributed by atoms with van der Waals surface area (Å²) >= 11 is 0. The largest absolute Gasteiger partial charge is 0.450 e. The highest BCUT2D eigenvalue weighted by Gasteiger charge is 2.23. The van der Waals surface area contributed by atoms with Gasteiger partial charge in [-0.1, -0.05) is 12.1 Å². The minimum atomic E-state index is 0.754. The van der Waals surface area contributed by atoms with E-state index in [0.717, 1.165) is 34.1 Å². The summed E-state index contributed by atoms with van der Waals surface area (Å²) in [6.07, 6.45) is 2.16. The number of rotatable bonds is 1. The molecule has 0 saturated heterocycles. The van der Waals surface area contributed by atoms with Crippen LogP contribution in [0.2, 0.25) is 0 Å². The first kappa shape index (κ1) is 14.8. The maximum Gasteiger partial charge on any atom is 0.212 e. The molecule has 3 nitrogen and oxygen atoms in total. The molecule has 0 N–H and O–H groups in total. The molecule has 4 rings (SSSR count). The zero-order valence-electron chi connectivity index (χ0n) is 14.4. The number of aryl methyl sites for hydroxylation is 4. The number of aromatic nitrogens is 1. The molecule has 2 heterocycles. The number of para-hydroxylation sites is 2. The summed E-state index contributed by atoms with van der Waals surface area (Å²) in [6.45, 7) is 6.38. The Bertz CT molecular complexity index is 960. The van der Waals surface area contributed by atoms with Gasteiger partial charge < -0.3 is 9.47 Å². The predicted molar refractivity (Wildman–Crippen MR) is 93.9 cm³/mol. The van der Waals surface area contributed by atoms with Gasteiger partial charge in [-0.3, -0.25) is 0 Å². The van der Waals surface area contributed by atoms with Crippen LogP contribution in [0.15, 0.2) is 48.7 Å². The average molecular weight is 318 g/mol. The lowest BCUT2D eigenvalue weighted by Gasteiger charge is -2.21. The summed E-state index contributed by atoms with van der Waals surface area (Å²) in [4.78, 5) is 0. The van der Waals surface area contributed by atoms with E-state index in [1.807, 2.05) is 24.3 Å². The molecule has 3 heteroatoms. The number of ether oxygens (including phenoxy) is 2. The fourth-order valence-corrected chi connectivity index (χ4v) is 3.10. The minimum Gasteiger partial charge on any atom is -0.450 e. The molecular formula is C21H20NO2+. The van der Waals surface area contributed by atoms with Gasteiger partial charge in [0.05, 0.1) is 5.56 Å². The Hall–Kier alpha value is -2.81. The third-order valence-corrected chi connectivity index (χ3v) is 4.60. The van der Waals surface area contributed by atoms with E-state index in [1.54, 1.807) is 0 Å². The summed E-state index contributed by atoms with van der Waals surface area (Å²) in [6, 6.07) is 14.1. The maximum absolute atomic E-state index is 6.05. The highest BCUT2D eigenvalue weighted by atomic mass is 16.6. The average Bonchev–Trinajstić information content (AvgIpc) is 2.56. The first-order valence-electron chi connectivity index (χ1n) is 8.09. The molecule has 0 unspecified atom stereocenters. The van der Waals surface area contributed by atoms with Crippen molar-refractivity contribution in [3.05, 3.63) is 65.4 Å². The molecule has 0 fully saturated rings. The van der Waals surface area contributed by atoms with E-state index in [2.05, 4.69) is 56.8 Å². The molecule has 3 aromatic rings. The number of pyridine rings is 1. The van der Waals surface area contributed by atoms with Crippen LogP contribution in [-0.4, -0.2) is 0 Å². The number of hydrogen-bond donors (Lipinski definition) is 0. The van der Waals surface area contributed by atoms with Crippen LogP contribution < -0.4 is 14.0 Å².